The fraction of sp³-hybridized carbons (Fsp3) is 0.588. The summed E-state index contributed by atoms with van der Waals surface area (Å²) in [5, 5.41) is 3.16. The molecule has 1 aromatic carbocycles. The van der Waals surface area contributed by atoms with Gasteiger partial charge in [-0.25, -0.2) is 0 Å². The van der Waals surface area contributed by atoms with E-state index >= 15 is 0 Å². The SMILES string of the molecule is Cc1ccc(N)c(C)c1NC(=O)C1C2C3CCC(C3)C12. The lowest BCUT2D eigenvalue weighted by molar-refractivity contribution is -0.118. The molecular formula is C17H22N2O. The zero-order valence-electron chi connectivity index (χ0n) is 12.1. The second-order valence-corrected chi connectivity index (χ2v) is 6.97. The molecule has 3 nitrogen and oxygen atoms in total. The summed E-state index contributed by atoms with van der Waals surface area (Å²) in [4.78, 5) is 12.6. The minimum atomic E-state index is 0.230. The molecule has 4 rings (SSSR count). The average Bonchev–Trinajstić information content (AvgIpc) is 2.88. The van der Waals surface area contributed by atoms with Gasteiger partial charge in [0.15, 0.2) is 0 Å². The van der Waals surface area contributed by atoms with Crippen LogP contribution in [0.25, 0.3) is 0 Å². The fourth-order valence-corrected chi connectivity index (χ4v) is 4.94. The van der Waals surface area contributed by atoms with Gasteiger partial charge in [-0.1, -0.05) is 6.07 Å². The lowest BCUT2D eigenvalue weighted by atomic mass is 10.0. The van der Waals surface area contributed by atoms with E-state index in [4.69, 9.17) is 5.73 Å². The monoisotopic (exact) mass is 270 g/mol. The fourth-order valence-electron chi connectivity index (χ4n) is 4.94. The van der Waals surface area contributed by atoms with E-state index in [2.05, 4.69) is 5.32 Å². The molecule has 3 N–H and O–H groups in total. The number of anilines is 2. The first-order valence-corrected chi connectivity index (χ1v) is 7.74. The van der Waals surface area contributed by atoms with Gasteiger partial charge in [0.2, 0.25) is 5.91 Å². The molecule has 0 heterocycles. The summed E-state index contributed by atoms with van der Waals surface area (Å²) in [7, 11) is 0. The maximum Gasteiger partial charge on any atom is 0.228 e. The molecular weight excluding hydrogens is 248 g/mol. The molecule has 3 saturated carbocycles. The van der Waals surface area contributed by atoms with Crippen molar-refractivity contribution in [1.29, 1.82) is 0 Å². The Morgan fingerprint density at radius 3 is 2.50 bits per heavy atom. The van der Waals surface area contributed by atoms with Crippen LogP contribution in [0.2, 0.25) is 0 Å². The first kappa shape index (κ1) is 12.2. The predicted octanol–water partition coefficient (Wildman–Crippen LogP) is 3.12. The maximum absolute atomic E-state index is 12.6. The van der Waals surface area contributed by atoms with Gasteiger partial charge in [0.05, 0.1) is 0 Å². The van der Waals surface area contributed by atoms with Crippen molar-refractivity contribution in [2.75, 3.05) is 11.1 Å². The number of carbonyl (C=O) groups excluding carboxylic acids is 1. The minimum Gasteiger partial charge on any atom is -0.398 e. The van der Waals surface area contributed by atoms with Gasteiger partial charge in [0, 0.05) is 17.3 Å². The Balaban J connectivity index is 1.54. The molecule has 3 fully saturated rings. The molecule has 20 heavy (non-hydrogen) atoms. The number of hydrogen-bond donors (Lipinski definition) is 2. The summed E-state index contributed by atoms with van der Waals surface area (Å²) in [5.41, 5.74) is 9.72. The van der Waals surface area contributed by atoms with Crippen LogP contribution in [-0.2, 0) is 4.79 Å². The predicted molar refractivity (Wildman–Crippen MR) is 80.3 cm³/mol. The molecule has 2 bridgehead atoms. The van der Waals surface area contributed by atoms with Crippen molar-refractivity contribution in [3.63, 3.8) is 0 Å². The minimum absolute atomic E-state index is 0.230. The van der Waals surface area contributed by atoms with Crippen molar-refractivity contribution in [3.8, 4) is 0 Å². The summed E-state index contributed by atoms with van der Waals surface area (Å²) in [6.07, 6.45) is 4.09. The van der Waals surface area contributed by atoms with E-state index in [1.807, 2.05) is 26.0 Å². The maximum atomic E-state index is 12.6. The van der Waals surface area contributed by atoms with Crippen molar-refractivity contribution in [2.45, 2.75) is 33.1 Å². The standard InChI is InChI=1S/C17H22N2O/c1-8-3-6-12(18)9(2)16(8)19-17(20)15-13-10-4-5-11(7-10)14(13)15/h3,6,10-11,13-15H,4-5,7,18H2,1-2H3,(H,19,20). The Kier molecular flexibility index (Phi) is 2.45. The van der Waals surface area contributed by atoms with Gasteiger partial charge >= 0.3 is 0 Å². The lowest BCUT2D eigenvalue weighted by Gasteiger charge is -2.15. The molecule has 0 radical (unpaired) electrons. The zero-order valence-corrected chi connectivity index (χ0v) is 12.1. The van der Waals surface area contributed by atoms with Crippen molar-refractivity contribution in [3.05, 3.63) is 23.3 Å². The number of amides is 1. The lowest BCUT2D eigenvalue weighted by Crippen LogP contribution is -2.20. The first-order chi connectivity index (χ1) is 9.58. The second kappa shape index (κ2) is 4.00. The van der Waals surface area contributed by atoms with Gasteiger partial charge in [-0.2, -0.15) is 0 Å². The first-order valence-electron chi connectivity index (χ1n) is 7.74. The molecule has 0 saturated heterocycles. The summed E-state index contributed by atoms with van der Waals surface area (Å²) >= 11 is 0. The smallest absolute Gasteiger partial charge is 0.228 e. The quantitative estimate of drug-likeness (QED) is 0.811. The highest BCUT2D eigenvalue weighted by Gasteiger charge is 2.67. The Labute approximate surface area is 119 Å². The van der Waals surface area contributed by atoms with E-state index in [1.165, 1.54) is 19.3 Å². The molecule has 3 heteroatoms. The second-order valence-electron chi connectivity index (χ2n) is 6.97. The summed E-state index contributed by atoms with van der Waals surface area (Å²) in [6, 6.07) is 3.89. The molecule has 3 aliphatic carbocycles. The van der Waals surface area contributed by atoms with Crippen LogP contribution < -0.4 is 11.1 Å². The van der Waals surface area contributed by atoms with E-state index < -0.39 is 0 Å². The third-order valence-corrected chi connectivity index (χ3v) is 6.00. The van der Waals surface area contributed by atoms with E-state index in [-0.39, 0.29) is 11.8 Å². The number of rotatable bonds is 2. The molecule has 0 aromatic heterocycles. The number of fused-ring (bicyclic) bond motifs is 5. The number of nitrogen functional groups attached to an aromatic ring is 1. The normalized spacial score (nSPS) is 36.8. The van der Waals surface area contributed by atoms with Gasteiger partial charge in [0.1, 0.15) is 0 Å². The number of hydrogen-bond acceptors (Lipinski definition) is 2. The number of nitrogens with two attached hydrogens (primary N) is 1. The Bertz CT molecular complexity index is 579. The summed E-state index contributed by atoms with van der Waals surface area (Å²) in [6.45, 7) is 4.01. The third-order valence-electron chi connectivity index (χ3n) is 6.00. The molecule has 3 aliphatic rings. The van der Waals surface area contributed by atoms with Crippen LogP contribution in [0.15, 0.2) is 12.1 Å². The van der Waals surface area contributed by atoms with E-state index in [1.54, 1.807) is 0 Å². The molecule has 4 unspecified atom stereocenters. The number of nitrogens with one attached hydrogen (secondary N) is 1. The molecule has 106 valence electrons. The highest BCUT2D eigenvalue weighted by Crippen LogP contribution is 2.69. The summed E-state index contributed by atoms with van der Waals surface area (Å²) < 4.78 is 0. The summed E-state index contributed by atoms with van der Waals surface area (Å²) in [5.74, 6) is 3.56. The average molecular weight is 270 g/mol. The zero-order chi connectivity index (χ0) is 14.0. The molecule has 1 amide bonds. The third kappa shape index (κ3) is 1.55. The molecule has 0 spiro atoms. The van der Waals surface area contributed by atoms with Crippen LogP contribution in [0.4, 0.5) is 11.4 Å². The number of aryl methyl sites for hydroxylation is 1. The van der Waals surface area contributed by atoms with Crippen molar-refractivity contribution >= 4 is 17.3 Å². The van der Waals surface area contributed by atoms with Gasteiger partial charge in [0.25, 0.3) is 0 Å². The molecule has 0 aliphatic heterocycles. The van der Waals surface area contributed by atoms with Gasteiger partial charge in [-0.05, 0) is 74.0 Å². The van der Waals surface area contributed by atoms with Crippen LogP contribution >= 0.6 is 0 Å². The molecule has 1 aromatic rings. The van der Waals surface area contributed by atoms with Crippen LogP contribution in [0, 0.1) is 43.4 Å². The largest absolute Gasteiger partial charge is 0.398 e. The van der Waals surface area contributed by atoms with Gasteiger partial charge in [-0.15, -0.1) is 0 Å². The van der Waals surface area contributed by atoms with Crippen LogP contribution in [0.1, 0.15) is 30.4 Å². The molecule has 4 atom stereocenters. The van der Waals surface area contributed by atoms with Gasteiger partial charge < -0.3 is 11.1 Å². The highest BCUT2D eigenvalue weighted by molar-refractivity contribution is 5.97. The van der Waals surface area contributed by atoms with Crippen LogP contribution in [-0.4, -0.2) is 5.91 Å². The van der Waals surface area contributed by atoms with E-state index in [0.29, 0.717) is 11.8 Å². The van der Waals surface area contributed by atoms with Crippen molar-refractivity contribution in [1.82, 2.24) is 0 Å². The van der Waals surface area contributed by atoms with Crippen molar-refractivity contribution in [2.24, 2.45) is 29.6 Å². The van der Waals surface area contributed by atoms with Crippen LogP contribution in [0.5, 0.6) is 0 Å². The van der Waals surface area contributed by atoms with Crippen LogP contribution in [0.3, 0.4) is 0 Å². The van der Waals surface area contributed by atoms with E-state index in [9.17, 15) is 4.79 Å². The van der Waals surface area contributed by atoms with Crippen molar-refractivity contribution < 1.29 is 4.79 Å². The Morgan fingerprint density at radius 1 is 1.20 bits per heavy atom. The highest BCUT2D eigenvalue weighted by atomic mass is 16.2. The number of carbonyl (C=O) groups is 1. The van der Waals surface area contributed by atoms with E-state index in [0.717, 1.165) is 34.3 Å². The Morgan fingerprint density at radius 2 is 1.85 bits per heavy atom. The van der Waals surface area contributed by atoms with Gasteiger partial charge in [-0.3, -0.25) is 4.79 Å². The Hall–Kier alpha value is -1.51. The topological polar surface area (TPSA) is 55.1 Å². The number of benzene rings is 1.